The third kappa shape index (κ3) is 6.10. The number of amides is 1. The summed E-state index contributed by atoms with van der Waals surface area (Å²) in [6.07, 6.45) is 4.75. The first kappa shape index (κ1) is 15.8. The van der Waals surface area contributed by atoms with Crippen LogP contribution in [0.4, 0.5) is 0 Å². The van der Waals surface area contributed by atoms with Crippen LogP contribution in [0.25, 0.3) is 6.08 Å². The lowest BCUT2D eigenvalue weighted by Crippen LogP contribution is -2.29. The Kier molecular flexibility index (Phi) is 5.39. The molecule has 108 valence electrons. The van der Waals surface area contributed by atoms with Gasteiger partial charge in [0.2, 0.25) is 0 Å². The molecule has 2 N–H and O–H groups in total. The summed E-state index contributed by atoms with van der Waals surface area (Å²) >= 11 is 0. The summed E-state index contributed by atoms with van der Waals surface area (Å²) in [6, 6.07) is 2.97. The van der Waals surface area contributed by atoms with E-state index in [1.807, 2.05) is 0 Å². The number of aromatic nitrogens is 1. The third-order valence-corrected chi connectivity index (χ3v) is 3.14. The molecule has 1 aromatic rings. The van der Waals surface area contributed by atoms with E-state index in [0.29, 0.717) is 5.56 Å². The van der Waals surface area contributed by atoms with Crippen LogP contribution in [0.5, 0.6) is 0 Å². The summed E-state index contributed by atoms with van der Waals surface area (Å²) in [4.78, 5) is 25.8. The Morgan fingerprint density at radius 3 is 2.60 bits per heavy atom. The summed E-state index contributed by atoms with van der Waals surface area (Å²) in [7, 11) is -3.12. The standard InChI is InChI=1S/C12H14N2O5S/c1-20(18,19)7-6-13-12(17)10-4-2-9(8-14-10)3-5-11(15)16/h2-5,8H,6-7H2,1H3,(H,13,17)(H,15,16). The van der Waals surface area contributed by atoms with Gasteiger partial charge in [-0.3, -0.25) is 9.78 Å². The van der Waals surface area contributed by atoms with Gasteiger partial charge in [-0.05, 0) is 17.7 Å². The molecule has 7 nitrogen and oxygen atoms in total. The molecule has 1 rings (SSSR count). The molecule has 0 aliphatic rings. The van der Waals surface area contributed by atoms with E-state index in [1.54, 1.807) is 0 Å². The van der Waals surface area contributed by atoms with Crippen LogP contribution < -0.4 is 5.32 Å². The van der Waals surface area contributed by atoms with E-state index in [-0.39, 0.29) is 18.0 Å². The van der Waals surface area contributed by atoms with Crippen LogP contribution in [0, 0.1) is 0 Å². The number of carbonyl (C=O) groups is 2. The number of aliphatic carboxylic acids is 1. The van der Waals surface area contributed by atoms with Crippen LogP contribution in [-0.2, 0) is 14.6 Å². The number of hydrogen-bond acceptors (Lipinski definition) is 5. The van der Waals surface area contributed by atoms with Gasteiger partial charge in [-0.15, -0.1) is 0 Å². The average molecular weight is 298 g/mol. The van der Waals surface area contributed by atoms with Gasteiger partial charge in [0.15, 0.2) is 0 Å². The molecule has 0 spiro atoms. The van der Waals surface area contributed by atoms with Crippen molar-refractivity contribution in [2.75, 3.05) is 18.6 Å². The van der Waals surface area contributed by atoms with E-state index in [4.69, 9.17) is 5.11 Å². The van der Waals surface area contributed by atoms with Crippen molar-refractivity contribution < 1.29 is 23.1 Å². The number of rotatable bonds is 6. The van der Waals surface area contributed by atoms with Crippen LogP contribution in [0.2, 0.25) is 0 Å². The molecular formula is C12H14N2O5S. The van der Waals surface area contributed by atoms with Gasteiger partial charge in [0.1, 0.15) is 15.5 Å². The Labute approximate surface area is 116 Å². The van der Waals surface area contributed by atoms with Crippen LogP contribution in [-0.4, -0.2) is 48.9 Å². The van der Waals surface area contributed by atoms with Crippen LogP contribution in [0.15, 0.2) is 24.4 Å². The van der Waals surface area contributed by atoms with Crippen molar-refractivity contribution in [2.24, 2.45) is 0 Å². The molecule has 0 saturated heterocycles. The molecule has 20 heavy (non-hydrogen) atoms. The van der Waals surface area contributed by atoms with Gasteiger partial charge in [-0.1, -0.05) is 6.07 Å². The zero-order chi connectivity index (χ0) is 15.2. The van der Waals surface area contributed by atoms with E-state index < -0.39 is 21.7 Å². The van der Waals surface area contributed by atoms with Gasteiger partial charge in [-0.25, -0.2) is 13.2 Å². The van der Waals surface area contributed by atoms with Crippen molar-refractivity contribution in [3.63, 3.8) is 0 Å². The lowest BCUT2D eigenvalue weighted by atomic mass is 10.2. The topological polar surface area (TPSA) is 113 Å². The molecule has 0 radical (unpaired) electrons. The van der Waals surface area contributed by atoms with Gasteiger partial charge in [0.05, 0.1) is 5.75 Å². The molecule has 1 aromatic heterocycles. The van der Waals surface area contributed by atoms with Crippen LogP contribution >= 0.6 is 0 Å². The molecule has 1 amide bonds. The van der Waals surface area contributed by atoms with Gasteiger partial charge in [0, 0.05) is 25.1 Å². The molecule has 0 aliphatic heterocycles. The monoisotopic (exact) mass is 298 g/mol. The summed E-state index contributed by atoms with van der Waals surface area (Å²) in [5.74, 6) is -1.70. The Morgan fingerprint density at radius 2 is 2.10 bits per heavy atom. The number of nitrogens with one attached hydrogen (secondary N) is 1. The minimum Gasteiger partial charge on any atom is -0.478 e. The maximum atomic E-state index is 11.6. The number of carboxylic acids is 1. The second kappa shape index (κ2) is 6.80. The van der Waals surface area contributed by atoms with Gasteiger partial charge in [-0.2, -0.15) is 0 Å². The first-order chi connectivity index (χ1) is 9.28. The molecule has 0 aromatic carbocycles. The molecular weight excluding hydrogens is 284 g/mol. The molecule has 0 unspecified atom stereocenters. The lowest BCUT2D eigenvalue weighted by molar-refractivity contribution is -0.131. The van der Waals surface area contributed by atoms with E-state index in [9.17, 15) is 18.0 Å². The predicted octanol–water partition coefficient (Wildman–Crippen LogP) is -0.0462. The largest absolute Gasteiger partial charge is 0.478 e. The Morgan fingerprint density at radius 1 is 1.40 bits per heavy atom. The van der Waals surface area contributed by atoms with Crippen molar-refractivity contribution >= 4 is 27.8 Å². The summed E-state index contributed by atoms with van der Waals surface area (Å²) < 4.78 is 21.8. The van der Waals surface area contributed by atoms with Crippen molar-refractivity contribution in [2.45, 2.75) is 0 Å². The fourth-order valence-corrected chi connectivity index (χ4v) is 1.72. The molecule has 1 heterocycles. The number of carbonyl (C=O) groups excluding carboxylic acids is 1. The van der Waals surface area contributed by atoms with Crippen LogP contribution in [0.1, 0.15) is 16.1 Å². The highest BCUT2D eigenvalue weighted by atomic mass is 32.2. The second-order valence-electron chi connectivity index (χ2n) is 4.03. The van der Waals surface area contributed by atoms with Gasteiger partial charge in [0.25, 0.3) is 5.91 Å². The number of carboxylic acid groups (broad SMARTS) is 1. The maximum absolute atomic E-state index is 11.6. The smallest absolute Gasteiger partial charge is 0.328 e. The van der Waals surface area contributed by atoms with Gasteiger partial charge < -0.3 is 10.4 Å². The molecule has 0 fully saturated rings. The predicted molar refractivity (Wildman–Crippen MR) is 73.0 cm³/mol. The molecule has 0 saturated carbocycles. The van der Waals surface area contributed by atoms with E-state index in [2.05, 4.69) is 10.3 Å². The second-order valence-corrected chi connectivity index (χ2v) is 6.29. The highest BCUT2D eigenvalue weighted by Gasteiger charge is 2.08. The Hall–Kier alpha value is -2.22. The Bertz CT molecular complexity index is 620. The molecule has 0 aliphatic carbocycles. The first-order valence-electron chi connectivity index (χ1n) is 5.61. The number of hydrogen-bond donors (Lipinski definition) is 2. The van der Waals surface area contributed by atoms with Crippen LogP contribution in [0.3, 0.4) is 0 Å². The molecule has 8 heteroatoms. The Balaban J connectivity index is 2.60. The molecule has 0 atom stereocenters. The van der Waals surface area contributed by atoms with E-state index >= 15 is 0 Å². The number of nitrogens with zero attached hydrogens (tertiary/aromatic N) is 1. The van der Waals surface area contributed by atoms with Crippen molar-refractivity contribution in [1.29, 1.82) is 0 Å². The lowest BCUT2D eigenvalue weighted by Gasteiger charge is -2.03. The van der Waals surface area contributed by atoms with Crippen molar-refractivity contribution in [3.8, 4) is 0 Å². The van der Waals surface area contributed by atoms with E-state index in [1.165, 1.54) is 24.4 Å². The molecule has 0 bridgehead atoms. The average Bonchev–Trinajstić information content (AvgIpc) is 2.35. The third-order valence-electron chi connectivity index (χ3n) is 2.20. The zero-order valence-electron chi connectivity index (χ0n) is 10.7. The number of sulfone groups is 1. The highest BCUT2D eigenvalue weighted by Crippen LogP contribution is 2.02. The fraction of sp³-hybridized carbons (Fsp3) is 0.250. The minimum atomic E-state index is -3.12. The summed E-state index contributed by atoms with van der Waals surface area (Å²) in [5, 5.41) is 10.9. The summed E-state index contributed by atoms with van der Waals surface area (Å²) in [5.41, 5.74) is 0.672. The quantitative estimate of drug-likeness (QED) is 0.712. The SMILES string of the molecule is CS(=O)(=O)CCNC(=O)c1ccc(C=CC(=O)O)cn1. The normalized spacial score (nSPS) is 11.4. The fourth-order valence-electron chi connectivity index (χ4n) is 1.25. The van der Waals surface area contributed by atoms with E-state index in [0.717, 1.165) is 12.3 Å². The van der Waals surface area contributed by atoms with Crippen molar-refractivity contribution in [1.82, 2.24) is 10.3 Å². The first-order valence-corrected chi connectivity index (χ1v) is 7.67. The van der Waals surface area contributed by atoms with Gasteiger partial charge >= 0.3 is 5.97 Å². The highest BCUT2D eigenvalue weighted by molar-refractivity contribution is 7.90. The zero-order valence-corrected chi connectivity index (χ0v) is 11.6. The maximum Gasteiger partial charge on any atom is 0.328 e. The van der Waals surface area contributed by atoms with Crippen molar-refractivity contribution in [3.05, 3.63) is 35.7 Å². The minimum absolute atomic E-state index is 0.0139. The summed E-state index contributed by atoms with van der Waals surface area (Å²) in [6.45, 7) is 0.0139. The number of pyridine rings is 1.